The fourth-order valence-electron chi connectivity index (χ4n) is 2.30. The zero-order valence-electron chi connectivity index (χ0n) is 10.7. The predicted octanol–water partition coefficient (Wildman–Crippen LogP) is 1.28. The molecule has 0 aliphatic heterocycles. The van der Waals surface area contributed by atoms with Gasteiger partial charge in [0, 0.05) is 10.3 Å². The Morgan fingerprint density at radius 3 is 2.60 bits per heavy atom. The van der Waals surface area contributed by atoms with Crippen LogP contribution in [0.4, 0.5) is 0 Å². The highest BCUT2D eigenvalue weighted by atomic mass is 32.1. The first-order chi connectivity index (χ1) is 9.49. The van der Waals surface area contributed by atoms with E-state index in [-0.39, 0.29) is 0 Å². The molecule has 1 atom stereocenters. The van der Waals surface area contributed by atoms with Gasteiger partial charge in [-0.2, -0.15) is 0 Å². The number of aliphatic carboxylic acids is 2. The van der Waals surface area contributed by atoms with Crippen LogP contribution in [0.2, 0.25) is 0 Å². The lowest BCUT2D eigenvalue weighted by atomic mass is 9.95. The molecule has 0 radical (unpaired) electrons. The molecule has 0 spiro atoms. The van der Waals surface area contributed by atoms with E-state index < -0.39 is 30.3 Å². The summed E-state index contributed by atoms with van der Waals surface area (Å²) in [6.07, 6.45) is 3.25. The number of carboxylic acid groups (broad SMARTS) is 2. The number of thiophene rings is 1. The van der Waals surface area contributed by atoms with Crippen molar-refractivity contribution in [3.8, 4) is 0 Å². The largest absolute Gasteiger partial charge is 0.481 e. The number of rotatable bonds is 5. The highest BCUT2D eigenvalue weighted by molar-refractivity contribution is 7.10. The second-order valence-corrected chi connectivity index (χ2v) is 5.68. The fourth-order valence-corrected chi connectivity index (χ4v) is 3.42. The van der Waals surface area contributed by atoms with Crippen LogP contribution in [0.15, 0.2) is 5.38 Å². The van der Waals surface area contributed by atoms with Gasteiger partial charge < -0.3 is 15.5 Å². The smallest absolute Gasteiger partial charge is 0.326 e. The zero-order chi connectivity index (χ0) is 14.7. The molecule has 7 heteroatoms. The second kappa shape index (κ2) is 6.04. The van der Waals surface area contributed by atoms with Crippen molar-refractivity contribution in [2.45, 2.75) is 38.1 Å². The van der Waals surface area contributed by atoms with Gasteiger partial charge in [0.1, 0.15) is 6.04 Å². The maximum absolute atomic E-state index is 12.1. The Bertz CT molecular complexity index is 551. The highest BCUT2D eigenvalue weighted by Crippen LogP contribution is 2.30. The number of nitrogens with one attached hydrogen (secondary N) is 1. The summed E-state index contributed by atoms with van der Waals surface area (Å²) in [6, 6.07) is -1.40. The summed E-state index contributed by atoms with van der Waals surface area (Å²) < 4.78 is 0. The normalized spacial score (nSPS) is 15.2. The maximum Gasteiger partial charge on any atom is 0.326 e. The molecule has 0 saturated heterocycles. The van der Waals surface area contributed by atoms with E-state index in [2.05, 4.69) is 5.32 Å². The molecular formula is C13H15NO5S. The molecule has 0 saturated carbocycles. The quantitative estimate of drug-likeness (QED) is 0.759. The molecule has 1 aromatic heterocycles. The van der Waals surface area contributed by atoms with Gasteiger partial charge in [0.15, 0.2) is 0 Å². The SMILES string of the molecule is O=C(O)CC(NC(=O)c1csc2c1CCCC2)C(=O)O. The summed E-state index contributed by atoms with van der Waals surface area (Å²) in [5, 5.41) is 21.6. The van der Waals surface area contributed by atoms with Gasteiger partial charge in [-0.1, -0.05) is 0 Å². The standard InChI is InChI=1S/C13H15NO5S/c15-11(16)5-9(13(18)19)14-12(17)8-6-20-10-4-2-1-3-7(8)10/h6,9H,1-5H2,(H,14,17)(H,15,16)(H,18,19). The van der Waals surface area contributed by atoms with E-state index in [0.29, 0.717) is 5.56 Å². The van der Waals surface area contributed by atoms with Crippen molar-refractivity contribution in [2.24, 2.45) is 0 Å². The lowest BCUT2D eigenvalue weighted by Gasteiger charge is -2.15. The second-order valence-electron chi connectivity index (χ2n) is 4.72. The third kappa shape index (κ3) is 3.16. The van der Waals surface area contributed by atoms with E-state index in [0.717, 1.165) is 31.2 Å². The topological polar surface area (TPSA) is 104 Å². The zero-order valence-corrected chi connectivity index (χ0v) is 11.5. The average Bonchev–Trinajstić information content (AvgIpc) is 2.81. The minimum absolute atomic E-state index is 0.487. The molecule has 20 heavy (non-hydrogen) atoms. The van der Waals surface area contributed by atoms with E-state index in [9.17, 15) is 14.4 Å². The molecule has 108 valence electrons. The van der Waals surface area contributed by atoms with Crippen molar-refractivity contribution in [1.29, 1.82) is 0 Å². The van der Waals surface area contributed by atoms with E-state index in [1.54, 1.807) is 5.38 Å². The summed E-state index contributed by atoms with van der Waals surface area (Å²) in [7, 11) is 0. The Morgan fingerprint density at radius 2 is 1.95 bits per heavy atom. The summed E-state index contributed by atoms with van der Waals surface area (Å²) in [4.78, 5) is 34.8. The highest BCUT2D eigenvalue weighted by Gasteiger charge is 2.26. The van der Waals surface area contributed by atoms with Crippen LogP contribution >= 0.6 is 11.3 Å². The van der Waals surface area contributed by atoms with Gasteiger partial charge in [-0.05, 0) is 31.2 Å². The van der Waals surface area contributed by atoms with Crippen molar-refractivity contribution in [2.75, 3.05) is 0 Å². The van der Waals surface area contributed by atoms with Gasteiger partial charge in [0.05, 0.1) is 12.0 Å². The monoisotopic (exact) mass is 297 g/mol. The van der Waals surface area contributed by atoms with E-state index in [1.807, 2.05) is 0 Å². The molecule has 0 fully saturated rings. The third-order valence-electron chi connectivity index (χ3n) is 3.29. The first kappa shape index (κ1) is 14.5. The number of hydrogen-bond acceptors (Lipinski definition) is 4. The molecule has 1 aromatic rings. The van der Waals surface area contributed by atoms with Crippen molar-refractivity contribution in [3.63, 3.8) is 0 Å². The maximum atomic E-state index is 12.1. The Labute approximate surface area is 119 Å². The Balaban J connectivity index is 2.12. The number of hydrogen-bond donors (Lipinski definition) is 3. The predicted molar refractivity (Wildman–Crippen MR) is 72.1 cm³/mol. The first-order valence-corrected chi connectivity index (χ1v) is 7.21. The minimum Gasteiger partial charge on any atom is -0.481 e. The number of carbonyl (C=O) groups excluding carboxylic acids is 1. The number of amides is 1. The molecule has 1 unspecified atom stereocenters. The molecule has 6 nitrogen and oxygen atoms in total. The summed E-state index contributed by atoms with van der Waals surface area (Å²) in [6.45, 7) is 0. The number of carboxylic acids is 2. The van der Waals surface area contributed by atoms with Crippen LogP contribution in [-0.2, 0) is 22.4 Å². The Hall–Kier alpha value is -1.89. The van der Waals surface area contributed by atoms with Crippen molar-refractivity contribution >= 4 is 29.2 Å². The number of aryl methyl sites for hydroxylation is 1. The first-order valence-electron chi connectivity index (χ1n) is 6.33. The molecule has 2 rings (SSSR count). The van der Waals surface area contributed by atoms with E-state index in [4.69, 9.17) is 10.2 Å². The van der Waals surface area contributed by atoms with Gasteiger partial charge in [-0.25, -0.2) is 4.79 Å². The lowest BCUT2D eigenvalue weighted by Crippen LogP contribution is -2.42. The summed E-state index contributed by atoms with van der Waals surface area (Å²) in [5.74, 6) is -3.10. The Kier molecular flexibility index (Phi) is 4.39. The van der Waals surface area contributed by atoms with Crippen LogP contribution in [-0.4, -0.2) is 34.1 Å². The number of fused-ring (bicyclic) bond motifs is 1. The fraction of sp³-hybridized carbons (Fsp3) is 0.462. The average molecular weight is 297 g/mol. The minimum atomic E-state index is -1.40. The van der Waals surface area contributed by atoms with Crippen molar-refractivity contribution < 1.29 is 24.6 Å². The molecular weight excluding hydrogens is 282 g/mol. The summed E-state index contributed by atoms with van der Waals surface area (Å²) in [5.41, 5.74) is 1.47. The molecule has 0 bridgehead atoms. The van der Waals surface area contributed by atoms with Crippen molar-refractivity contribution in [3.05, 3.63) is 21.4 Å². The summed E-state index contributed by atoms with van der Waals surface area (Å²) >= 11 is 1.51. The van der Waals surface area contributed by atoms with Crippen LogP contribution in [0, 0.1) is 0 Å². The van der Waals surface area contributed by atoms with Gasteiger partial charge in [0.25, 0.3) is 5.91 Å². The molecule has 1 aliphatic rings. The molecule has 3 N–H and O–H groups in total. The van der Waals surface area contributed by atoms with Crippen LogP contribution < -0.4 is 5.32 Å². The van der Waals surface area contributed by atoms with Crippen molar-refractivity contribution in [1.82, 2.24) is 5.32 Å². The lowest BCUT2D eigenvalue weighted by molar-refractivity contribution is -0.145. The van der Waals surface area contributed by atoms with Gasteiger partial charge in [-0.3, -0.25) is 9.59 Å². The molecule has 0 aromatic carbocycles. The van der Waals surface area contributed by atoms with E-state index >= 15 is 0 Å². The third-order valence-corrected chi connectivity index (χ3v) is 4.38. The Morgan fingerprint density at radius 1 is 1.25 bits per heavy atom. The van der Waals surface area contributed by atoms with Crippen LogP contribution in [0.25, 0.3) is 0 Å². The number of carbonyl (C=O) groups is 3. The van der Waals surface area contributed by atoms with Crippen LogP contribution in [0.1, 0.15) is 40.1 Å². The molecule has 1 aliphatic carbocycles. The van der Waals surface area contributed by atoms with E-state index in [1.165, 1.54) is 16.2 Å². The van der Waals surface area contributed by atoms with Gasteiger partial charge >= 0.3 is 11.9 Å². The van der Waals surface area contributed by atoms with Crippen LogP contribution in [0.3, 0.4) is 0 Å². The molecule has 1 amide bonds. The van der Waals surface area contributed by atoms with Crippen LogP contribution in [0.5, 0.6) is 0 Å². The molecule has 1 heterocycles. The van der Waals surface area contributed by atoms with Gasteiger partial charge in [-0.15, -0.1) is 11.3 Å². The van der Waals surface area contributed by atoms with Gasteiger partial charge in [0.2, 0.25) is 0 Å².